The van der Waals surface area contributed by atoms with Crippen LogP contribution in [0.3, 0.4) is 0 Å². The second-order valence-corrected chi connectivity index (χ2v) is 1.64. The Morgan fingerprint density at radius 1 is 0.800 bits per heavy atom. The summed E-state index contributed by atoms with van der Waals surface area (Å²) >= 11 is 0. The first-order valence-electron chi connectivity index (χ1n) is 2.59. The monoisotopic (exact) mass is 134 g/mol. The summed E-state index contributed by atoms with van der Waals surface area (Å²) in [6, 6.07) is 0. The molecule has 6 heteroatoms. The van der Waals surface area contributed by atoms with E-state index in [-0.39, 0.29) is 0 Å². The van der Waals surface area contributed by atoms with Crippen LogP contribution in [0.4, 0.5) is 0 Å². The van der Waals surface area contributed by atoms with Crippen molar-refractivity contribution >= 4 is 11.0 Å². The van der Waals surface area contributed by atoms with Crippen LogP contribution >= 0.6 is 0 Å². The predicted octanol–water partition coefficient (Wildman–Crippen LogP) is -0.790. The molecule has 2 heterocycles. The van der Waals surface area contributed by atoms with E-state index < -0.39 is 0 Å². The fraction of sp³-hybridized carbons (Fsp3) is 0. The van der Waals surface area contributed by atoms with Crippen LogP contribution < -0.4 is 0 Å². The normalized spacial score (nSPS) is 10.0. The Balaban J connectivity index is 2.89. The maximum atomic E-state index is 3.66. The van der Waals surface area contributed by atoms with E-state index in [1.807, 2.05) is 0 Å². The van der Waals surface area contributed by atoms with Gasteiger partial charge in [-0.1, -0.05) is 0 Å². The maximum Gasteiger partial charge on any atom is 0.137 e. The van der Waals surface area contributed by atoms with Crippen LogP contribution in [0.1, 0.15) is 0 Å². The zero-order valence-electron chi connectivity index (χ0n) is 4.84. The van der Waals surface area contributed by atoms with Gasteiger partial charge >= 0.3 is 0 Å². The number of fused-ring (bicyclic) bond motifs is 1. The van der Waals surface area contributed by atoms with Gasteiger partial charge in [0.1, 0.15) is 11.0 Å². The first-order chi connectivity index (χ1) is 4.97. The minimum Gasteiger partial charge on any atom is -0.157 e. The van der Waals surface area contributed by atoms with E-state index >= 15 is 0 Å². The van der Waals surface area contributed by atoms with Gasteiger partial charge in [0.2, 0.25) is 0 Å². The molecule has 0 atom stereocenters. The van der Waals surface area contributed by atoms with Crippen LogP contribution in [0, 0.1) is 0 Å². The van der Waals surface area contributed by atoms with Crippen molar-refractivity contribution in [3.05, 3.63) is 12.4 Å². The third kappa shape index (κ3) is 0.661. The van der Waals surface area contributed by atoms with Crippen molar-refractivity contribution in [2.45, 2.75) is 0 Å². The lowest BCUT2D eigenvalue weighted by molar-refractivity contribution is 0.791. The zero-order valence-corrected chi connectivity index (χ0v) is 4.84. The van der Waals surface area contributed by atoms with Gasteiger partial charge in [-0.25, -0.2) is 0 Å². The molecule has 0 unspecified atom stereocenters. The van der Waals surface area contributed by atoms with Crippen LogP contribution in [0.5, 0.6) is 0 Å². The molecule has 0 radical (unpaired) electrons. The molecule has 0 aliphatic heterocycles. The minimum absolute atomic E-state index is 0.602. The van der Waals surface area contributed by atoms with Gasteiger partial charge in [-0.05, 0) is 10.4 Å². The van der Waals surface area contributed by atoms with Gasteiger partial charge in [-0.3, -0.25) is 0 Å². The van der Waals surface area contributed by atoms with Crippen molar-refractivity contribution in [2.75, 3.05) is 0 Å². The second kappa shape index (κ2) is 1.90. The van der Waals surface area contributed by atoms with E-state index in [9.17, 15) is 0 Å². The Bertz CT molecular complexity index is 281. The largest absolute Gasteiger partial charge is 0.157 e. The lowest BCUT2D eigenvalue weighted by Crippen LogP contribution is -1.93. The van der Waals surface area contributed by atoms with Crippen LogP contribution in [-0.4, -0.2) is 30.8 Å². The Morgan fingerprint density at radius 2 is 1.30 bits per heavy atom. The third-order valence-corrected chi connectivity index (χ3v) is 1.03. The topological polar surface area (TPSA) is 77.3 Å². The molecule has 0 spiro atoms. The fourth-order valence-electron chi connectivity index (χ4n) is 0.599. The molecule has 6 nitrogen and oxygen atoms in total. The van der Waals surface area contributed by atoms with Crippen LogP contribution in [0.25, 0.3) is 11.0 Å². The highest BCUT2D eigenvalue weighted by atomic mass is 15.4. The van der Waals surface area contributed by atoms with Crippen molar-refractivity contribution in [3.8, 4) is 0 Å². The van der Waals surface area contributed by atoms with Gasteiger partial charge in [0.05, 0.1) is 12.4 Å². The van der Waals surface area contributed by atoms with Gasteiger partial charge < -0.3 is 0 Å². The van der Waals surface area contributed by atoms with E-state index in [1.165, 1.54) is 12.4 Å². The predicted molar refractivity (Wildman–Crippen MR) is 30.7 cm³/mol. The van der Waals surface area contributed by atoms with E-state index in [0.29, 0.717) is 11.0 Å². The highest BCUT2D eigenvalue weighted by Gasteiger charge is 1.93. The molecule has 0 aromatic carbocycles. The van der Waals surface area contributed by atoms with Gasteiger partial charge in [0, 0.05) is 0 Å². The number of nitrogens with zero attached hydrogens (tertiary/aromatic N) is 6. The van der Waals surface area contributed by atoms with Gasteiger partial charge in [-0.15, -0.1) is 10.2 Å². The Morgan fingerprint density at radius 3 is 1.80 bits per heavy atom. The summed E-state index contributed by atoms with van der Waals surface area (Å²) in [5, 5.41) is 21.2. The average molecular weight is 134 g/mol. The summed E-state index contributed by atoms with van der Waals surface area (Å²) in [7, 11) is 0. The fourth-order valence-corrected chi connectivity index (χ4v) is 0.599. The summed E-state index contributed by atoms with van der Waals surface area (Å²) in [6.45, 7) is 0. The molecule has 0 N–H and O–H groups in total. The number of hydrogen-bond donors (Lipinski definition) is 0. The smallest absolute Gasteiger partial charge is 0.137 e. The number of aromatic nitrogens is 6. The summed E-state index contributed by atoms with van der Waals surface area (Å²) in [5.74, 6) is 0. The number of rotatable bonds is 0. The highest BCUT2D eigenvalue weighted by molar-refractivity contribution is 5.69. The molecular weight excluding hydrogens is 132 g/mol. The second-order valence-electron chi connectivity index (χ2n) is 1.64. The minimum atomic E-state index is 0.602. The Kier molecular flexibility index (Phi) is 0.970. The van der Waals surface area contributed by atoms with Crippen LogP contribution in [0.15, 0.2) is 12.4 Å². The molecule has 10 heavy (non-hydrogen) atoms. The molecular formula is C4H2N6. The van der Waals surface area contributed by atoms with E-state index in [0.717, 1.165) is 0 Å². The quantitative estimate of drug-likeness (QED) is 0.469. The maximum absolute atomic E-state index is 3.66. The molecule has 0 saturated carbocycles. The molecule has 0 saturated heterocycles. The molecule has 0 fully saturated rings. The lowest BCUT2D eigenvalue weighted by Gasteiger charge is -1.86. The van der Waals surface area contributed by atoms with Crippen molar-refractivity contribution < 1.29 is 0 Å². The SMILES string of the molecule is c1nncc2nnnnc12. The summed E-state index contributed by atoms with van der Waals surface area (Å²) in [4.78, 5) is 0. The van der Waals surface area contributed by atoms with Gasteiger partial charge in [0.25, 0.3) is 0 Å². The van der Waals surface area contributed by atoms with Crippen molar-refractivity contribution in [1.29, 1.82) is 0 Å². The zero-order chi connectivity index (χ0) is 6.81. The van der Waals surface area contributed by atoms with Crippen LogP contribution in [0.2, 0.25) is 0 Å². The first kappa shape index (κ1) is 5.10. The Hall–Kier alpha value is -1.72. The summed E-state index contributed by atoms with van der Waals surface area (Å²) in [5.41, 5.74) is 1.20. The first-order valence-corrected chi connectivity index (χ1v) is 2.59. The average Bonchev–Trinajstić information content (AvgIpc) is 2.05. The molecule has 2 aromatic rings. The summed E-state index contributed by atoms with van der Waals surface area (Å²) < 4.78 is 0. The van der Waals surface area contributed by atoms with Crippen molar-refractivity contribution in [3.63, 3.8) is 0 Å². The van der Waals surface area contributed by atoms with E-state index in [4.69, 9.17) is 0 Å². The Labute approximate surface area is 55.3 Å². The van der Waals surface area contributed by atoms with Gasteiger partial charge in [0.15, 0.2) is 0 Å². The van der Waals surface area contributed by atoms with Crippen LogP contribution in [-0.2, 0) is 0 Å². The molecule has 0 amide bonds. The van der Waals surface area contributed by atoms with Gasteiger partial charge in [-0.2, -0.15) is 10.2 Å². The number of hydrogen-bond acceptors (Lipinski definition) is 6. The van der Waals surface area contributed by atoms with E-state index in [1.54, 1.807) is 0 Å². The van der Waals surface area contributed by atoms with E-state index in [2.05, 4.69) is 30.8 Å². The molecule has 0 bridgehead atoms. The molecule has 48 valence electrons. The van der Waals surface area contributed by atoms with Crippen molar-refractivity contribution in [1.82, 2.24) is 30.8 Å². The third-order valence-electron chi connectivity index (χ3n) is 1.03. The molecule has 0 aliphatic rings. The molecule has 2 aromatic heterocycles. The molecule has 2 rings (SSSR count). The molecule has 0 aliphatic carbocycles. The highest BCUT2D eigenvalue weighted by Crippen LogP contribution is 1.97. The van der Waals surface area contributed by atoms with Crippen molar-refractivity contribution in [2.24, 2.45) is 0 Å². The summed E-state index contributed by atoms with van der Waals surface area (Å²) in [6.07, 6.45) is 2.97. The standard InChI is InChI=1S/C4H2N6/c1-3-4(2-6-5-1)8-10-9-7-3/h1-2H. The lowest BCUT2D eigenvalue weighted by atomic mass is 10.5.